The van der Waals surface area contributed by atoms with Crippen LogP contribution in [0.25, 0.3) is 16.9 Å². The molecule has 0 radical (unpaired) electrons. The molecule has 1 aliphatic heterocycles. The Morgan fingerprint density at radius 1 is 1.26 bits per heavy atom. The fraction of sp³-hybridized carbons (Fsp3) is 0.375. The summed E-state index contributed by atoms with van der Waals surface area (Å²) in [6, 6.07) is 9.62. The average molecular weight is 489 g/mol. The van der Waals surface area contributed by atoms with Gasteiger partial charge < -0.3 is 20.8 Å². The van der Waals surface area contributed by atoms with Crippen LogP contribution < -0.4 is 16.0 Å². The molecule has 0 unspecified atom stereocenters. The van der Waals surface area contributed by atoms with E-state index in [2.05, 4.69) is 20.8 Å². The number of anilines is 1. The van der Waals surface area contributed by atoms with Crippen LogP contribution in [0.1, 0.15) is 24.8 Å². The fourth-order valence-corrected chi connectivity index (χ4v) is 3.94. The van der Waals surface area contributed by atoms with Crippen molar-refractivity contribution in [3.8, 4) is 11.3 Å². The first-order chi connectivity index (χ1) is 16.9. The second-order valence-corrected chi connectivity index (χ2v) is 8.39. The van der Waals surface area contributed by atoms with Gasteiger partial charge in [0.1, 0.15) is 18.8 Å². The van der Waals surface area contributed by atoms with Gasteiger partial charge in [0.25, 0.3) is 0 Å². The van der Waals surface area contributed by atoms with Crippen molar-refractivity contribution in [1.82, 2.24) is 20.0 Å². The van der Waals surface area contributed by atoms with Gasteiger partial charge in [-0.05, 0) is 62.5 Å². The molecule has 3 heterocycles. The summed E-state index contributed by atoms with van der Waals surface area (Å²) in [5.74, 6) is 0.689. The van der Waals surface area contributed by atoms with Crippen LogP contribution in [0.2, 0.25) is 0 Å². The number of aromatic nitrogens is 2. The number of piperidine rings is 1. The van der Waals surface area contributed by atoms with Crippen molar-refractivity contribution in [3.05, 3.63) is 54.4 Å². The van der Waals surface area contributed by atoms with Crippen molar-refractivity contribution in [2.24, 2.45) is 11.1 Å². The Labute approximate surface area is 200 Å². The number of pyridine rings is 1. The summed E-state index contributed by atoms with van der Waals surface area (Å²) >= 11 is 0. The van der Waals surface area contributed by atoms with E-state index in [4.69, 9.17) is 4.84 Å². The lowest BCUT2D eigenvalue weighted by atomic mass is 9.95. The third kappa shape index (κ3) is 7.19. The molecule has 0 spiro atoms. The molecule has 3 N–H and O–H groups in total. The van der Waals surface area contributed by atoms with Gasteiger partial charge in [0.2, 0.25) is 0 Å². The van der Waals surface area contributed by atoms with Gasteiger partial charge in [0.05, 0.1) is 18.1 Å². The van der Waals surface area contributed by atoms with E-state index in [9.17, 15) is 18.0 Å². The number of fused-ring (bicyclic) bond motifs is 1. The SMILES string of the molecule is O=C(NCC(F)(F)F)Nc1cccc(-c2cnc3cc(/C=N/OCCC4CCNCC4)ccn23)c1. The van der Waals surface area contributed by atoms with Crippen molar-refractivity contribution >= 4 is 23.6 Å². The average Bonchev–Trinajstić information content (AvgIpc) is 3.26. The molecule has 2 aromatic heterocycles. The third-order valence-electron chi connectivity index (χ3n) is 5.76. The molecule has 0 saturated carbocycles. The Hall–Kier alpha value is -3.60. The Kier molecular flexibility index (Phi) is 7.86. The maximum absolute atomic E-state index is 12.3. The van der Waals surface area contributed by atoms with Gasteiger partial charge in [-0.2, -0.15) is 13.2 Å². The molecule has 0 bridgehead atoms. The van der Waals surface area contributed by atoms with Crippen LogP contribution in [-0.4, -0.2) is 54.0 Å². The van der Waals surface area contributed by atoms with E-state index >= 15 is 0 Å². The summed E-state index contributed by atoms with van der Waals surface area (Å²) in [5, 5.41) is 11.6. The van der Waals surface area contributed by atoms with Gasteiger partial charge in [0.15, 0.2) is 0 Å². The van der Waals surface area contributed by atoms with Gasteiger partial charge in [-0.3, -0.25) is 4.40 Å². The highest BCUT2D eigenvalue weighted by atomic mass is 19.4. The maximum Gasteiger partial charge on any atom is 0.405 e. The van der Waals surface area contributed by atoms with E-state index in [1.165, 1.54) is 12.8 Å². The summed E-state index contributed by atoms with van der Waals surface area (Å²) in [7, 11) is 0. The predicted octanol–water partition coefficient (Wildman–Crippen LogP) is 4.43. The Morgan fingerprint density at radius 2 is 2.09 bits per heavy atom. The largest absolute Gasteiger partial charge is 0.405 e. The number of oxime groups is 1. The molecule has 1 aromatic carbocycles. The predicted molar refractivity (Wildman–Crippen MR) is 127 cm³/mol. The van der Waals surface area contributed by atoms with Crippen LogP contribution in [-0.2, 0) is 4.84 Å². The smallest absolute Gasteiger partial charge is 0.396 e. The van der Waals surface area contributed by atoms with Crippen LogP contribution in [0.4, 0.5) is 23.7 Å². The highest BCUT2D eigenvalue weighted by Crippen LogP contribution is 2.24. The molecule has 4 rings (SSSR count). The standard InChI is InChI=1S/C24H27F3N6O2/c25-24(26,27)16-30-23(34)32-20-3-1-2-19(13-20)21-15-29-22-12-18(6-10-33(21)22)14-31-35-11-7-17-4-8-28-9-5-17/h1-3,6,10,12-15,17,28H,4-5,7-9,11,16H2,(H2,30,32,34)/b31-14+. The Bertz CT molecular complexity index is 1170. The molecule has 0 aliphatic carbocycles. The number of carbonyl (C=O) groups excluding carboxylic acids is 1. The highest BCUT2D eigenvalue weighted by molar-refractivity contribution is 5.90. The second kappa shape index (κ2) is 11.2. The molecule has 1 saturated heterocycles. The molecule has 3 aromatic rings. The van der Waals surface area contributed by atoms with Gasteiger partial charge in [-0.1, -0.05) is 17.3 Å². The molecule has 2 amide bonds. The molecule has 186 valence electrons. The maximum atomic E-state index is 12.3. The first-order valence-corrected chi connectivity index (χ1v) is 11.4. The molecule has 35 heavy (non-hydrogen) atoms. The second-order valence-electron chi connectivity index (χ2n) is 8.39. The first-order valence-electron chi connectivity index (χ1n) is 11.4. The lowest BCUT2D eigenvalue weighted by Gasteiger charge is -2.21. The van der Waals surface area contributed by atoms with Crippen molar-refractivity contribution in [1.29, 1.82) is 0 Å². The molecule has 1 aliphatic rings. The van der Waals surface area contributed by atoms with Crippen LogP contribution in [0.5, 0.6) is 0 Å². The number of imidazole rings is 1. The third-order valence-corrected chi connectivity index (χ3v) is 5.76. The lowest BCUT2D eigenvalue weighted by molar-refractivity contribution is -0.122. The number of nitrogens with one attached hydrogen (secondary N) is 3. The molecule has 1 fully saturated rings. The summed E-state index contributed by atoms with van der Waals surface area (Å²) in [5.41, 5.74) is 3.41. The van der Waals surface area contributed by atoms with E-state index in [1.807, 2.05) is 28.8 Å². The summed E-state index contributed by atoms with van der Waals surface area (Å²) in [4.78, 5) is 21.6. The minimum atomic E-state index is -4.47. The number of hydrogen-bond acceptors (Lipinski definition) is 5. The number of rotatable bonds is 8. The van der Waals surface area contributed by atoms with E-state index in [1.54, 1.807) is 35.9 Å². The van der Waals surface area contributed by atoms with Gasteiger partial charge in [-0.25, -0.2) is 9.78 Å². The molecule has 0 atom stereocenters. The minimum Gasteiger partial charge on any atom is -0.396 e. The quantitative estimate of drug-likeness (QED) is 0.249. The molecular weight excluding hydrogens is 461 g/mol. The van der Waals surface area contributed by atoms with Crippen molar-refractivity contribution in [2.45, 2.75) is 25.4 Å². The number of nitrogens with zero attached hydrogens (tertiary/aromatic N) is 3. The number of carbonyl (C=O) groups is 1. The van der Waals surface area contributed by atoms with E-state index in [0.29, 0.717) is 23.9 Å². The van der Waals surface area contributed by atoms with Crippen molar-refractivity contribution in [2.75, 3.05) is 31.6 Å². The van der Waals surface area contributed by atoms with Gasteiger partial charge in [-0.15, -0.1) is 0 Å². The Morgan fingerprint density at radius 3 is 2.89 bits per heavy atom. The highest BCUT2D eigenvalue weighted by Gasteiger charge is 2.27. The number of amides is 2. The fourth-order valence-electron chi connectivity index (χ4n) is 3.94. The van der Waals surface area contributed by atoms with Crippen LogP contribution >= 0.6 is 0 Å². The zero-order valence-corrected chi connectivity index (χ0v) is 19.0. The zero-order valence-electron chi connectivity index (χ0n) is 19.0. The van der Waals surface area contributed by atoms with Gasteiger partial charge in [0, 0.05) is 23.0 Å². The number of alkyl halides is 3. The summed E-state index contributed by atoms with van der Waals surface area (Å²) < 4.78 is 38.7. The normalized spacial score (nSPS) is 14.9. The number of urea groups is 1. The summed E-state index contributed by atoms with van der Waals surface area (Å²) in [6.45, 7) is 1.33. The van der Waals surface area contributed by atoms with E-state index in [0.717, 1.165) is 36.3 Å². The molecular formula is C24H27F3N6O2. The topological polar surface area (TPSA) is 92.0 Å². The molecule has 8 nitrogen and oxygen atoms in total. The van der Waals surface area contributed by atoms with Crippen LogP contribution in [0.15, 0.2) is 53.9 Å². The van der Waals surface area contributed by atoms with Crippen LogP contribution in [0.3, 0.4) is 0 Å². The van der Waals surface area contributed by atoms with E-state index < -0.39 is 18.8 Å². The Balaban J connectivity index is 1.36. The minimum absolute atomic E-state index is 0.363. The number of halogens is 3. The number of benzene rings is 1. The zero-order chi connectivity index (χ0) is 24.7. The number of hydrogen-bond donors (Lipinski definition) is 3. The van der Waals surface area contributed by atoms with Gasteiger partial charge >= 0.3 is 12.2 Å². The van der Waals surface area contributed by atoms with Crippen molar-refractivity contribution < 1.29 is 22.8 Å². The van der Waals surface area contributed by atoms with Crippen LogP contribution in [0, 0.1) is 5.92 Å². The van der Waals surface area contributed by atoms with E-state index in [-0.39, 0.29) is 0 Å². The summed E-state index contributed by atoms with van der Waals surface area (Å²) in [6.07, 6.45) is 4.07. The first kappa shape index (κ1) is 24.5. The molecule has 11 heteroatoms. The monoisotopic (exact) mass is 488 g/mol. The lowest BCUT2D eigenvalue weighted by Crippen LogP contribution is -2.36. The van der Waals surface area contributed by atoms with Crippen molar-refractivity contribution in [3.63, 3.8) is 0 Å².